The van der Waals surface area contributed by atoms with Crippen LogP contribution in [0.2, 0.25) is 0 Å². The van der Waals surface area contributed by atoms with E-state index in [1.807, 2.05) is 0 Å². The maximum atomic E-state index is 6.21. The maximum Gasteiger partial charge on any atom is 0.0178 e. The largest absolute Gasteiger partial charge is 0.328 e. The normalized spacial score (nSPS) is 36.9. The van der Waals surface area contributed by atoms with E-state index >= 15 is 0 Å². The van der Waals surface area contributed by atoms with Crippen LogP contribution in [0, 0.1) is 0 Å². The average Bonchev–Trinajstić information content (AvgIpc) is 2.70. The smallest absolute Gasteiger partial charge is 0.0178 e. The summed E-state index contributed by atoms with van der Waals surface area (Å²) in [7, 11) is 0. The molecule has 4 rings (SSSR count). The molecular formula is C17H23BrN2. The highest BCUT2D eigenvalue weighted by Gasteiger charge is 2.43. The van der Waals surface area contributed by atoms with Gasteiger partial charge in [0.25, 0.3) is 0 Å². The Morgan fingerprint density at radius 2 is 1.75 bits per heavy atom. The molecule has 1 aromatic carbocycles. The monoisotopic (exact) mass is 334 g/mol. The molecule has 0 amide bonds. The number of benzene rings is 1. The number of hydrogen-bond donors (Lipinski definition) is 1. The summed E-state index contributed by atoms with van der Waals surface area (Å²) in [4.78, 5) is 2.86. The molecule has 0 radical (unpaired) electrons. The van der Waals surface area contributed by atoms with Crippen LogP contribution in [0.4, 0.5) is 0 Å². The Labute approximate surface area is 129 Å². The standard InChI is InChI=1S/C17H23BrN2/c18-13-3-1-12-8-15(4-2-11(12)7-13)20-16-5-6-17(20)10-14(19)9-16/h1,3,7,14-17H,2,4-6,8-10,19H2. The summed E-state index contributed by atoms with van der Waals surface area (Å²) in [6.45, 7) is 0. The molecule has 0 spiro atoms. The molecule has 3 aliphatic rings. The van der Waals surface area contributed by atoms with Crippen molar-refractivity contribution in [2.24, 2.45) is 5.73 Å². The van der Waals surface area contributed by atoms with Gasteiger partial charge in [0.15, 0.2) is 0 Å². The van der Waals surface area contributed by atoms with Crippen molar-refractivity contribution < 1.29 is 0 Å². The molecule has 2 aliphatic heterocycles. The van der Waals surface area contributed by atoms with Gasteiger partial charge in [0.05, 0.1) is 0 Å². The van der Waals surface area contributed by atoms with E-state index in [9.17, 15) is 0 Å². The van der Waals surface area contributed by atoms with Crippen molar-refractivity contribution in [3.63, 3.8) is 0 Å². The predicted molar refractivity (Wildman–Crippen MR) is 85.8 cm³/mol. The number of fused-ring (bicyclic) bond motifs is 3. The fraction of sp³-hybridized carbons (Fsp3) is 0.647. The second-order valence-electron chi connectivity index (χ2n) is 6.87. The number of piperidine rings is 1. The van der Waals surface area contributed by atoms with E-state index in [-0.39, 0.29) is 0 Å². The molecule has 2 heterocycles. The number of hydrogen-bond acceptors (Lipinski definition) is 2. The molecule has 3 unspecified atom stereocenters. The number of halogens is 1. The highest BCUT2D eigenvalue weighted by molar-refractivity contribution is 9.10. The molecule has 2 nitrogen and oxygen atoms in total. The van der Waals surface area contributed by atoms with Crippen molar-refractivity contribution in [1.82, 2.24) is 4.90 Å². The fourth-order valence-corrected chi connectivity index (χ4v) is 5.22. The lowest BCUT2D eigenvalue weighted by Gasteiger charge is -2.44. The third-order valence-electron chi connectivity index (χ3n) is 5.62. The van der Waals surface area contributed by atoms with Crippen LogP contribution in [0.25, 0.3) is 0 Å². The molecule has 2 fully saturated rings. The lowest BCUT2D eigenvalue weighted by Crippen LogP contribution is -2.53. The Kier molecular flexibility index (Phi) is 3.40. The van der Waals surface area contributed by atoms with Gasteiger partial charge in [0.2, 0.25) is 0 Å². The zero-order valence-electron chi connectivity index (χ0n) is 11.9. The first-order valence-corrected chi connectivity index (χ1v) is 8.80. The fourth-order valence-electron chi connectivity index (χ4n) is 4.81. The molecule has 20 heavy (non-hydrogen) atoms. The predicted octanol–water partition coefficient (Wildman–Crippen LogP) is 3.26. The van der Waals surface area contributed by atoms with Crippen molar-refractivity contribution in [3.05, 3.63) is 33.8 Å². The minimum Gasteiger partial charge on any atom is -0.328 e. The van der Waals surface area contributed by atoms with Gasteiger partial charge in [-0.15, -0.1) is 0 Å². The second-order valence-corrected chi connectivity index (χ2v) is 7.79. The molecule has 2 saturated heterocycles. The van der Waals surface area contributed by atoms with Gasteiger partial charge in [-0.3, -0.25) is 4.90 Å². The molecule has 1 aromatic rings. The quantitative estimate of drug-likeness (QED) is 0.854. The maximum absolute atomic E-state index is 6.21. The molecular weight excluding hydrogens is 312 g/mol. The van der Waals surface area contributed by atoms with Gasteiger partial charge >= 0.3 is 0 Å². The van der Waals surface area contributed by atoms with E-state index in [4.69, 9.17) is 5.73 Å². The number of nitrogens with zero attached hydrogens (tertiary/aromatic N) is 1. The first kappa shape index (κ1) is 13.3. The summed E-state index contributed by atoms with van der Waals surface area (Å²) in [5.74, 6) is 0. The zero-order chi connectivity index (χ0) is 13.7. The summed E-state index contributed by atoms with van der Waals surface area (Å²) >= 11 is 3.59. The van der Waals surface area contributed by atoms with Gasteiger partial charge in [-0.1, -0.05) is 22.0 Å². The summed E-state index contributed by atoms with van der Waals surface area (Å²) in [5.41, 5.74) is 9.33. The third-order valence-corrected chi connectivity index (χ3v) is 6.11. The molecule has 0 saturated carbocycles. The van der Waals surface area contributed by atoms with E-state index in [1.165, 1.54) is 49.4 Å². The summed E-state index contributed by atoms with van der Waals surface area (Å²) < 4.78 is 1.22. The summed E-state index contributed by atoms with van der Waals surface area (Å²) in [5, 5.41) is 0. The van der Waals surface area contributed by atoms with Crippen LogP contribution < -0.4 is 5.73 Å². The van der Waals surface area contributed by atoms with E-state index in [2.05, 4.69) is 39.0 Å². The van der Waals surface area contributed by atoms with Gasteiger partial charge in [-0.25, -0.2) is 0 Å². The summed E-state index contributed by atoms with van der Waals surface area (Å²) in [6, 6.07) is 9.58. The highest BCUT2D eigenvalue weighted by Crippen LogP contribution is 2.40. The average molecular weight is 335 g/mol. The number of aryl methyl sites for hydroxylation is 1. The van der Waals surface area contributed by atoms with Crippen molar-refractivity contribution in [2.75, 3.05) is 0 Å². The van der Waals surface area contributed by atoms with Gasteiger partial charge in [0.1, 0.15) is 0 Å². The van der Waals surface area contributed by atoms with Crippen LogP contribution in [-0.4, -0.2) is 29.1 Å². The van der Waals surface area contributed by atoms with E-state index in [1.54, 1.807) is 11.1 Å². The van der Waals surface area contributed by atoms with Crippen molar-refractivity contribution >= 4 is 15.9 Å². The molecule has 2 N–H and O–H groups in total. The third kappa shape index (κ3) is 2.24. The topological polar surface area (TPSA) is 29.3 Å². The van der Waals surface area contributed by atoms with E-state index in [0.717, 1.165) is 18.1 Å². The molecule has 1 aliphatic carbocycles. The molecule has 0 aromatic heterocycles. The Hall–Kier alpha value is -0.380. The van der Waals surface area contributed by atoms with Crippen LogP contribution in [0.3, 0.4) is 0 Å². The van der Waals surface area contributed by atoms with E-state index in [0.29, 0.717) is 6.04 Å². The van der Waals surface area contributed by atoms with Crippen LogP contribution in [0.15, 0.2) is 22.7 Å². The van der Waals surface area contributed by atoms with Crippen LogP contribution >= 0.6 is 15.9 Å². The van der Waals surface area contributed by atoms with Crippen molar-refractivity contribution in [2.45, 2.75) is 69.1 Å². The molecule has 2 bridgehead atoms. The van der Waals surface area contributed by atoms with Crippen molar-refractivity contribution in [3.8, 4) is 0 Å². The Bertz CT molecular complexity index is 502. The Morgan fingerprint density at radius 1 is 1.00 bits per heavy atom. The van der Waals surface area contributed by atoms with Gasteiger partial charge < -0.3 is 5.73 Å². The van der Waals surface area contributed by atoms with Gasteiger partial charge in [-0.05, 0) is 68.2 Å². The number of nitrogens with two attached hydrogens (primary N) is 1. The summed E-state index contributed by atoms with van der Waals surface area (Å²) in [6.07, 6.45) is 9.00. The van der Waals surface area contributed by atoms with Crippen LogP contribution in [0.1, 0.15) is 43.2 Å². The Morgan fingerprint density at radius 3 is 2.50 bits per heavy atom. The minimum atomic E-state index is 0.454. The van der Waals surface area contributed by atoms with Gasteiger partial charge in [0, 0.05) is 28.6 Å². The highest BCUT2D eigenvalue weighted by atomic mass is 79.9. The Balaban J connectivity index is 1.55. The number of rotatable bonds is 1. The lowest BCUT2D eigenvalue weighted by atomic mass is 9.85. The van der Waals surface area contributed by atoms with Gasteiger partial charge in [-0.2, -0.15) is 0 Å². The van der Waals surface area contributed by atoms with Crippen LogP contribution in [0.5, 0.6) is 0 Å². The lowest BCUT2D eigenvalue weighted by molar-refractivity contribution is 0.0699. The zero-order valence-corrected chi connectivity index (χ0v) is 13.5. The SMILES string of the molecule is NC1CC2CCC(C1)N2C1CCc2cc(Br)ccc2C1. The second kappa shape index (κ2) is 5.11. The molecule has 3 atom stereocenters. The minimum absolute atomic E-state index is 0.454. The van der Waals surface area contributed by atoms with Crippen molar-refractivity contribution in [1.29, 1.82) is 0 Å². The molecule has 3 heteroatoms. The first-order valence-electron chi connectivity index (χ1n) is 8.01. The van der Waals surface area contributed by atoms with E-state index < -0.39 is 0 Å². The first-order chi connectivity index (χ1) is 9.70. The van der Waals surface area contributed by atoms with Crippen LogP contribution in [-0.2, 0) is 12.8 Å². The molecule has 108 valence electrons.